The van der Waals surface area contributed by atoms with Gasteiger partial charge < -0.3 is 15.1 Å². The lowest BCUT2D eigenvalue weighted by Gasteiger charge is -2.17. The SMILES string of the molecule is CC(N)Cc1coc(CC2CCCN2C)n1. The number of nitrogens with two attached hydrogens (primary N) is 1. The van der Waals surface area contributed by atoms with Crippen LogP contribution in [0.2, 0.25) is 0 Å². The fourth-order valence-corrected chi connectivity index (χ4v) is 2.31. The van der Waals surface area contributed by atoms with E-state index in [4.69, 9.17) is 10.2 Å². The fraction of sp³-hybridized carbons (Fsp3) is 0.750. The molecule has 0 spiro atoms. The highest BCUT2D eigenvalue weighted by atomic mass is 16.3. The Morgan fingerprint density at radius 3 is 3.12 bits per heavy atom. The molecule has 1 aliphatic rings. The molecule has 90 valence electrons. The van der Waals surface area contributed by atoms with Crippen LogP contribution in [0.3, 0.4) is 0 Å². The number of oxazole rings is 1. The van der Waals surface area contributed by atoms with Crippen LogP contribution >= 0.6 is 0 Å². The smallest absolute Gasteiger partial charge is 0.195 e. The number of likely N-dealkylation sites (N-methyl/N-ethyl adjacent to an activating group) is 1. The molecule has 0 radical (unpaired) electrons. The molecule has 0 aromatic carbocycles. The molecule has 0 saturated carbocycles. The molecule has 2 atom stereocenters. The quantitative estimate of drug-likeness (QED) is 0.833. The summed E-state index contributed by atoms with van der Waals surface area (Å²) >= 11 is 0. The van der Waals surface area contributed by atoms with Gasteiger partial charge in [0.1, 0.15) is 6.26 Å². The van der Waals surface area contributed by atoms with E-state index in [1.807, 2.05) is 6.92 Å². The summed E-state index contributed by atoms with van der Waals surface area (Å²) in [5, 5.41) is 0. The maximum Gasteiger partial charge on any atom is 0.195 e. The van der Waals surface area contributed by atoms with E-state index >= 15 is 0 Å². The van der Waals surface area contributed by atoms with Crippen molar-refractivity contribution >= 4 is 0 Å². The number of rotatable bonds is 4. The van der Waals surface area contributed by atoms with Gasteiger partial charge in [0.15, 0.2) is 5.89 Å². The summed E-state index contributed by atoms with van der Waals surface area (Å²) in [7, 11) is 2.17. The van der Waals surface area contributed by atoms with Gasteiger partial charge in [-0.05, 0) is 33.4 Å². The molecule has 16 heavy (non-hydrogen) atoms. The minimum absolute atomic E-state index is 0.145. The lowest BCUT2D eigenvalue weighted by molar-refractivity contribution is 0.292. The summed E-state index contributed by atoms with van der Waals surface area (Å²) in [6.45, 7) is 3.18. The average Bonchev–Trinajstić information content (AvgIpc) is 2.77. The normalized spacial score (nSPS) is 23.8. The molecular formula is C12H21N3O. The van der Waals surface area contributed by atoms with Gasteiger partial charge in [-0.3, -0.25) is 0 Å². The van der Waals surface area contributed by atoms with Crippen molar-refractivity contribution in [2.75, 3.05) is 13.6 Å². The maximum absolute atomic E-state index is 5.73. The van der Waals surface area contributed by atoms with Crippen molar-refractivity contribution in [1.82, 2.24) is 9.88 Å². The Morgan fingerprint density at radius 2 is 2.50 bits per heavy atom. The Balaban J connectivity index is 1.92. The van der Waals surface area contributed by atoms with Gasteiger partial charge in [0, 0.05) is 24.9 Å². The van der Waals surface area contributed by atoms with E-state index in [-0.39, 0.29) is 6.04 Å². The maximum atomic E-state index is 5.73. The van der Waals surface area contributed by atoms with E-state index in [0.717, 1.165) is 24.4 Å². The number of hydrogen-bond acceptors (Lipinski definition) is 4. The van der Waals surface area contributed by atoms with E-state index in [9.17, 15) is 0 Å². The van der Waals surface area contributed by atoms with E-state index in [0.29, 0.717) is 6.04 Å². The first-order valence-corrected chi connectivity index (χ1v) is 6.04. The number of hydrogen-bond donors (Lipinski definition) is 1. The summed E-state index contributed by atoms with van der Waals surface area (Å²) in [5.74, 6) is 0.856. The van der Waals surface area contributed by atoms with Gasteiger partial charge in [-0.25, -0.2) is 4.98 Å². The number of nitrogens with zero attached hydrogens (tertiary/aromatic N) is 2. The zero-order chi connectivity index (χ0) is 11.5. The van der Waals surface area contributed by atoms with Gasteiger partial charge in [-0.2, -0.15) is 0 Å². The van der Waals surface area contributed by atoms with Crippen LogP contribution < -0.4 is 5.73 Å². The van der Waals surface area contributed by atoms with Gasteiger partial charge in [0.2, 0.25) is 0 Å². The van der Waals surface area contributed by atoms with Gasteiger partial charge in [0.05, 0.1) is 5.69 Å². The average molecular weight is 223 g/mol. The predicted octanol–water partition coefficient (Wildman–Crippen LogP) is 1.20. The highest BCUT2D eigenvalue weighted by Crippen LogP contribution is 2.19. The Morgan fingerprint density at radius 1 is 1.69 bits per heavy atom. The first kappa shape index (κ1) is 11.6. The van der Waals surface area contributed by atoms with E-state index in [2.05, 4.69) is 16.9 Å². The summed E-state index contributed by atoms with van der Waals surface area (Å²) in [4.78, 5) is 6.86. The van der Waals surface area contributed by atoms with Gasteiger partial charge in [-0.1, -0.05) is 0 Å². The van der Waals surface area contributed by atoms with Crippen molar-refractivity contribution in [3.05, 3.63) is 17.8 Å². The van der Waals surface area contributed by atoms with E-state index < -0.39 is 0 Å². The molecule has 2 rings (SSSR count). The van der Waals surface area contributed by atoms with Crippen molar-refractivity contribution in [2.45, 2.75) is 44.7 Å². The van der Waals surface area contributed by atoms with Gasteiger partial charge in [0.25, 0.3) is 0 Å². The second-order valence-electron chi connectivity index (χ2n) is 4.89. The molecule has 4 nitrogen and oxygen atoms in total. The highest BCUT2D eigenvalue weighted by Gasteiger charge is 2.22. The summed E-state index contributed by atoms with van der Waals surface area (Å²) in [5.41, 5.74) is 6.71. The second kappa shape index (κ2) is 4.97. The molecule has 0 bridgehead atoms. The molecule has 0 aliphatic carbocycles. The van der Waals surface area contributed by atoms with Gasteiger partial charge in [-0.15, -0.1) is 0 Å². The molecule has 1 aromatic heterocycles. The monoisotopic (exact) mass is 223 g/mol. The van der Waals surface area contributed by atoms with Crippen LogP contribution in [0.5, 0.6) is 0 Å². The molecule has 1 aliphatic heterocycles. The van der Waals surface area contributed by atoms with Gasteiger partial charge >= 0.3 is 0 Å². The Hall–Kier alpha value is -0.870. The van der Waals surface area contributed by atoms with Crippen molar-refractivity contribution in [3.63, 3.8) is 0 Å². The summed E-state index contributed by atoms with van der Waals surface area (Å²) in [6.07, 6.45) is 6.00. The van der Waals surface area contributed by atoms with Crippen LogP contribution in [0, 0.1) is 0 Å². The lowest BCUT2D eigenvalue weighted by Crippen LogP contribution is -2.27. The van der Waals surface area contributed by atoms with E-state index in [1.54, 1.807) is 6.26 Å². The Labute approximate surface area is 96.8 Å². The molecule has 2 unspecified atom stereocenters. The Bertz CT molecular complexity index is 335. The minimum atomic E-state index is 0.145. The second-order valence-corrected chi connectivity index (χ2v) is 4.89. The molecule has 2 N–H and O–H groups in total. The third-order valence-electron chi connectivity index (χ3n) is 3.21. The molecule has 1 saturated heterocycles. The molecule has 1 aromatic rings. The van der Waals surface area contributed by atoms with Crippen molar-refractivity contribution < 1.29 is 4.42 Å². The molecule has 1 fully saturated rings. The van der Waals surface area contributed by atoms with Crippen LogP contribution in [-0.4, -0.2) is 35.6 Å². The number of likely N-dealkylation sites (tertiary alicyclic amines) is 1. The van der Waals surface area contributed by atoms with Crippen LogP contribution in [-0.2, 0) is 12.8 Å². The molecular weight excluding hydrogens is 202 g/mol. The van der Waals surface area contributed by atoms with Crippen LogP contribution in [0.15, 0.2) is 10.7 Å². The van der Waals surface area contributed by atoms with Crippen LogP contribution in [0.25, 0.3) is 0 Å². The topological polar surface area (TPSA) is 55.3 Å². The van der Waals surface area contributed by atoms with Crippen LogP contribution in [0.4, 0.5) is 0 Å². The minimum Gasteiger partial charge on any atom is -0.449 e. The fourth-order valence-electron chi connectivity index (χ4n) is 2.31. The Kier molecular flexibility index (Phi) is 3.61. The van der Waals surface area contributed by atoms with Crippen molar-refractivity contribution in [2.24, 2.45) is 5.73 Å². The third kappa shape index (κ3) is 2.83. The zero-order valence-electron chi connectivity index (χ0n) is 10.1. The highest BCUT2D eigenvalue weighted by molar-refractivity contribution is 5.00. The summed E-state index contributed by atoms with van der Waals surface area (Å²) in [6, 6.07) is 0.744. The first-order valence-electron chi connectivity index (χ1n) is 6.04. The van der Waals surface area contributed by atoms with Crippen LogP contribution in [0.1, 0.15) is 31.4 Å². The standard InChI is InChI=1S/C12H21N3O/c1-9(13)6-10-8-16-12(14-10)7-11-4-3-5-15(11)2/h8-9,11H,3-7,13H2,1-2H3. The molecule has 0 amide bonds. The molecule has 2 heterocycles. The lowest BCUT2D eigenvalue weighted by atomic mass is 10.1. The predicted molar refractivity (Wildman–Crippen MR) is 63.2 cm³/mol. The largest absolute Gasteiger partial charge is 0.449 e. The first-order chi connectivity index (χ1) is 7.65. The van der Waals surface area contributed by atoms with Crippen molar-refractivity contribution in [1.29, 1.82) is 0 Å². The summed E-state index contributed by atoms with van der Waals surface area (Å²) < 4.78 is 5.48. The van der Waals surface area contributed by atoms with E-state index in [1.165, 1.54) is 19.4 Å². The van der Waals surface area contributed by atoms with Crippen molar-refractivity contribution in [3.8, 4) is 0 Å². The number of aromatic nitrogens is 1. The third-order valence-corrected chi connectivity index (χ3v) is 3.21. The zero-order valence-corrected chi connectivity index (χ0v) is 10.1. The molecule has 4 heteroatoms.